The van der Waals surface area contributed by atoms with Gasteiger partial charge in [-0.3, -0.25) is 14.6 Å². The van der Waals surface area contributed by atoms with E-state index in [9.17, 15) is 14.7 Å². The number of hydrogen-bond acceptors (Lipinski definition) is 5. The summed E-state index contributed by atoms with van der Waals surface area (Å²) in [6.07, 6.45) is 6.03. The van der Waals surface area contributed by atoms with Crippen LogP contribution in [0.3, 0.4) is 0 Å². The topological polar surface area (TPSA) is 82.5 Å². The number of hydrogen-bond donors (Lipinski definition) is 2. The van der Waals surface area contributed by atoms with Gasteiger partial charge < -0.3 is 15.3 Å². The first-order valence-electron chi connectivity index (χ1n) is 8.28. The smallest absolute Gasteiger partial charge is 0.243 e. The van der Waals surface area contributed by atoms with Crippen molar-refractivity contribution in [2.24, 2.45) is 0 Å². The van der Waals surface area contributed by atoms with Gasteiger partial charge in [0.2, 0.25) is 11.8 Å². The Morgan fingerprint density at radius 1 is 1.42 bits per heavy atom. The zero-order valence-corrected chi connectivity index (χ0v) is 14.6. The molecular formula is C17H23N3O3S. The number of carbonyl (C=O) groups is 2. The van der Waals surface area contributed by atoms with Crippen LogP contribution in [0.4, 0.5) is 0 Å². The van der Waals surface area contributed by atoms with E-state index in [-0.39, 0.29) is 23.9 Å². The van der Waals surface area contributed by atoms with E-state index in [1.807, 2.05) is 12.1 Å². The lowest BCUT2D eigenvalue weighted by molar-refractivity contribution is -0.137. The molecule has 130 valence electrons. The van der Waals surface area contributed by atoms with Crippen molar-refractivity contribution >= 4 is 23.6 Å². The number of aliphatic hydroxyl groups is 1. The Bertz CT molecular complexity index is 602. The Balaban J connectivity index is 1.56. The summed E-state index contributed by atoms with van der Waals surface area (Å²) >= 11 is 1.60. The van der Waals surface area contributed by atoms with Crippen molar-refractivity contribution in [3.05, 3.63) is 30.1 Å². The molecule has 1 aliphatic heterocycles. The lowest BCUT2D eigenvalue weighted by atomic mass is 9.78. The Hall–Kier alpha value is -1.60. The maximum atomic E-state index is 12.5. The number of rotatable bonds is 3. The van der Waals surface area contributed by atoms with Crippen LogP contribution >= 0.6 is 11.8 Å². The fourth-order valence-electron chi connectivity index (χ4n) is 3.43. The normalized spacial score (nSPS) is 30.2. The molecule has 24 heavy (non-hydrogen) atoms. The molecule has 0 aromatic carbocycles. The summed E-state index contributed by atoms with van der Waals surface area (Å²) in [6, 6.07) is 3.40. The number of nitrogens with one attached hydrogen (secondary N) is 1. The maximum Gasteiger partial charge on any atom is 0.243 e. The second kappa shape index (κ2) is 7.11. The highest BCUT2D eigenvalue weighted by atomic mass is 32.2. The average molecular weight is 349 g/mol. The summed E-state index contributed by atoms with van der Waals surface area (Å²) in [6.45, 7) is 1.50. The van der Waals surface area contributed by atoms with E-state index in [2.05, 4.69) is 10.3 Å². The van der Waals surface area contributed by atoms with Gasteiger partial charge in [0.15, 0.2) is 0 Å². The van der Waals surface area contributed by atoms with Crippen LogP contribution in [0, 0.1) is 0 Å². The van der Waals surface area contributed by atoms with Crippen molar-refractivity contribution in [2.45, 2.75) is 50.3 Å². The van der Waals surface area contributed by atoms with Gasteiger partial charge in [-0.25, -0.2) is 0 Å². The van der Waals surface area contributed by atoms with Gasteiger partial charge in [0.05, 0.1) is 11.5 Å². The first kappa shape index (κ1) is 17.2. The van der Waals surface area contributed by atoms with Crippen molar-refractivity contribution in [1.29, 1.82) is 0 Å². The minimum atomic E-state index is -0.857. The van der Waals surface area contributed by atoms with Gasteiger partial charge >= 0.3 is 0 Å². The quantitative estimate of drug-likeness (QED) is 0.858. The molecule has 1 aromatic rings. The number of carbonyl (C=O) groups excluding carboxylic acids is 2. The molecule has 7 heteroatoms. The standard InChI is InChI=1S/C17H23N3O3S/c1-12(21)20-11-24-10-15(20)16(22)19-14-4-6-17(23,7-5-14)13-3-2-8-18-9-13/h2-3,8-9,14-15,23H,4-7,10-11H2,1H3,(H,19,22). The number of nitrogens with zero attached hydrogens (tertiary/aromatic N) is 2. The Labute approximate surface area is 146 Å². The molecule has 1 saturated carbocycles. The van der Waals surface area contributed by atoms with Gasteiger partial charge in [-0.05, 0) is 31.7 Å². The van der Waals surface area contributed by atoms with E-state index in [1.54, 1.807) is 29.1 Å². The van der Waals surface area contributed by atoms with Crippen molar-refractivity contribution in [3.63, 3.8) is 0 Å². The molecule has 2 aliphatic rings. The van der Waals surface area contributed by atoms with Gasteiger partial charge in [0, 0.05) is 36.7 Å². The monoisotopic (exact) mass is 349 g/mol. The molecule has 1 aliphatic carbocycles. The Morgan fingerprint density at radius 3 is 2.79 bits per heavy atom. The second-order valence-corrected chi connectivity index (χ2v) is 7.56. The SMILES string of the molecule is CC(=O)N1CSCC1C(=O)NC1CCC(O)(c2cccnc2)CC1. The number of aromatic nitrogens is 1. The molecule has 2 heterocycles. The lowest BCUT2D eigenvalue weighted by Crippen LogP contribution is -2.51. The summed E-state index contributed by atoms with van der Waals surface area (Å²) in [7, 11) is 0. The fraction of sp³-hybridized carbons (Fsp3) is 0.588. The van der Waals surface area contributed by atoms with E-state index in [0.29, 0.717) is 24.5 Å². The van der Waals surface area contributed by atoms with Crippen LogP contribution in [0.15, 0.2) is 24.5 Å². The highest BCUT2D eigenvalue weighted by Crippen LogP contribution is 2.36. The molecule has 0 bridgehead atoms. The van der Waals surface area contributed by atoms with Crippen molar-refractivity contribution in [2.75, 3.05) is 11.6 Å². The number of thioether (sulfide) groups is 1. The van der Waals surface area contributed by atoms with Gasteiger partial charge in [-0.1, -0.05) is 6.07 Å². The fourth-order valence-corrected chi connectivity index (χ4v) is 4.65. The summed E-state index contributed by atoms with van der Waals surface area (Å²) in [5, 5.41) is 13.9. The molecule has 2 amide bonds. The third-order valence-corrected chi connectivity index (χ3v) is 5.96. The highest BCUT2D eigenvalue weighted by Gasteiger charge is 2.38. The predicted molar refractivity (Wildman–Crippen MR) is 92.2 cm³/mol. The minimum absolute atomic E-state index is 0.0499. The average Bonchev–Trinajstić information content (AvgIpc) is 3.08. The summed E-state index contributed by atoms with van der Waals surface area (Å²) in [4.78, 5) is 29.8. The zero-order chi connectivity index (χ0) is 17.2. The lowest BCUT2D eigenvalue weighted by Gasteiger charge is -2.37. The van der Waals surface area contributed by atoms with Crippen LogP contribution in [0.5, 0.6) is 0 Å². The van der Waals surface area contributed by atoms with E-state index < -0.39 is 5.60 Å². The molecule has 1 aromatic heterocycles. The zero-order valence-electron chi connectivity index (χ0n) is 13.8. The highest BCUT2D eigenvalue weighted by molar-refractivity contribution is 7.99. The molecule has 3 rings (SSSR count). The number of pyridine rings is 1. The third-order valence-electron chi connectivity index (χ3n) is 4.95. The van der Waals surface area contributed by atoms with Crippen LogP contribution < -0.4 is 5.32 Å². The maximum absolute atomic E-state index is 12.5. The summed E-state index contributed by atoms with van der Waals surface area (Å²) in [5.41, 5.74) is -0.0193. The van der Waals surface area contributed by atoms with E-state index in [1.165, 1.54) is 6.92 Å². The second-order valence-electron chi connectivity index (χ2n) is 6.56. The molecular weight excluding hydrogens is 326 g/mol. The van der Waals surface area contributed by atoms with Gasteiger partial charge in [-0.15, -0.1) is 11.8 Å². The van der Waals surface area contributed by atoms with Crippen molar-refractivity contribution in [3.8, 4) is 0 Å². The van der Waals surface area contributed by atoms with Crippen molar-refractivity contribution < 1.29 is 14.7 Å². The van der Waals surface area contributed by atoms with E-state index in [4.69, 9.17) is 0 Å². The van der Waals surface area contributed by atoms with E-state index in [0.717, 1.165) is 18.4 Å². The van der Waals surface area contributed by atoms with Crippen LogP contribution in [0.2, 0.25) is 0 Å². The van der Waals surface area contributed by atoms with E-state index >= 15 is 0 Å². The van der Waals surface area contributed by atoms with Crippen LogP contribution in [-0.4, -0.2) is 50.5 Å². The molecule has 0 spiro atoms. The van der Waals surface area contributed by atoms with Crippen LogP contribution in [0.1, 0.15) is 38.2 Å². The largest absolute Gasteiger partial charge is 0.385 e. The molecule has 0 radical (unpaired) electrons. The summed E-state index contributed by atoms with van der Waals surface area (Å²) in [5.74, 6) is 1.10. The summed E-state index contributed by atoms with van der Waals surface area (Å²) < 4.78 is 0. The molecule has 2 fully saturated rings. The molecule has 1 saturated heterocycles. The van der Waals surface area contributed by atoms with Crippen molar-refractivity contribution in [1.82, 2.24) is 15.2 Å². The van der Waals surface area contributed by atoms with Gasteiger partial charge in [0.1, 0.15) is 6.04 Å². The van der Waals surface area contributed by atoms with Crippen LogP contribution in [0.25, 0.3) is 0 Å². The predicted octanol–water partition coefficient (Wildman–Crippen LogP) is 1.25. The first-order valence-corrected chi connectivity index (χ1v) is 9.43. The molecule has 6 nitrogen and oxygen atoms in total. The van der Waals surface area contributed by atoms with Gasteiger partial charge in [-0.2, -0.15) is 0 Å². The number of amides is 2. The molecule has 1 atom stereocenters. The minimum Gasteiger partial charge on any atom is -0.385 e. The molecule has 1 unspecified atom stereocenters. The molecule has 2 N–H and O–H groups in total. The third kappa shape index (κ3) is 3.57. The Morgan fingerprint density at radius 2 is 2.17 bits per heavy atom. The van der Waals surface area contributed by atoms with Gasteiger partial charge in [0.25, 0.3) is 0 Å². The Kier molecular flexibility index (Phi) is 5.10. The first-order chi connectivity index (χ1) is 11.5. The van der Waals surface area contributed by atoms with Crippen LogP contribution in [-0.2, 0) is 15.2 Å².